The van der Waals surface area contributed by atoms with E-state index in [4.69, 9.17) is 0 Å². The van der Waals surface area contributed by atoms with Crippen LogP contribution in [0.5, 0.6) is 0 Å². The Labute approximate surface area is 199 Å². The Morgan fingerprint density at radius 2 is 1.96 bits per heavy atom. The third kappa shape index (κ3) is 5.36. The smallest absolute Gasteiger partial charge is 0.748 e. The van der Waals surface area contributed by atoms with Gasteiger partial charge in [0.2, 0.25) is 11.8 Å². The number of carboxylic acid groups (broad SMARTS) is 1. The number of aliphatic carboxylic acids is 1. The first-order valence-corrected chi connectivity index (χ1v) is 9.21. The maximum absolute atomic E-state index is 12.1. The SMILES string of the molecule is CC(=O)N/C=C/SC1=C(C(=O)[O-])N2C(=O)[C@@H]([C@H](C)S(=O)(=O)[O-])[C@H]2C1.[Na+].[Na+]. The monoisotopic (exact) mass is 420 g/mol. The van der Waals surface area contributed by atoms with Crippen molar-refractivity contribution >= 4 is 39.7 Å². The number of carbonyl (C=O) groups is 3. The van der Waals surface area contributed by atoms with Gasteiger partial charge in [0.25, 0.3) is 0 Å². The zero-order valence-corrected chi connectivity index (χ0v) is 20.3. The Hall–Kier alpha value is 0.150. The van der Waals surface area contributed by atoms with Crippen LogP contribution in [-0.2, 0) is 24.5 Å². The summed E-state index contributed by atoms with van der Waals surface area (Å²) in [6.45, 7) is 2.44. The molecule has 132 valence electrons. The molecule has 2 amide bonds. The van der Waals surface area contributed by atoms with E-state index in [2.05, 4.69) is 5.32 Å². The third-order valence-corrected chi connectivity index (χ3v) is 6.01. The van der Waals surface area contributed by atoms with E-state index in [0.717, 1.165) is 23.6 Å². The number of rotatable bonds is 6. The van der Waals surface area contributed by atoms with E-state index in [1.807, 2.05) is 0 Å². The van der Waals surface area contributed by atoms with Crippen LogP contribution in [0.25, 0.3) is 0 Å². The summed E-state index contributed by atoms with van der Waals surface area (Å²) in [5.74, 6) is -3.65. The molecule has 2 aliphatic rings. The second kappa shape index (κ2) is 10.1. The van der Waals surface area contributed by atoms with E-state index in [1.165, 1.54) is 18.5 Å². The molecule has 9 nitrogen and oxygen atoms in total. The zero-order chi connectivity index (χ0) is 18.2. The molecule has 0 spiro atoms. The predicted molar refractivity (Wildman–Crippen MR) is 80.5 cm³/mol. The molecule has 0 aromatic heterocycles. The molecule has 0 aromatic rings. The number of nitrogens with zero attached hydrogens (tertiary/aromatic N) is 1. The van der Waals surface area contributed by atoms with Crippen LogP contribution in [0.15, 0.2) is 22.2 Å². The Kier molecular flexibility index (Phi) is 10.1. The van der Waals surface area contributed by atoms with Crippen LogP contribution in [0.4, 0.5) is 0 Å². The average molecular weight is 420 g/mol. The number of nitrogens with one attached hydrogen (secondary N) is 1. The van der Waals surface area contributed by atoms with Gasteiger partial charge in [-0.2, -0.15) is 0 Å². The van der Waals surface area contributed by atoms with Gasteiger partial charge in [0.1, 0.15) is 0 Å². The van der Waals surface area contributed by atoms with Gasteiger partial charge < -0.3 is 24.7 Å². The van der Waals surface area contributed by atoms with Crippen molar-refractivity contribution in [2.24, 2.45) is 5.92 Å². The molecule has 2 rings (SSSR count). The van der Waals surface area contributed by atoms with Crippen molar-refractivity contribution in [2.45, 2.75) is 31.6 Å². The van der Waals surface area contributed by atoms with E-state index in [1.54, 1.807) is 0 Å². The Morgan fingerprint density at radius 3 is 2.42 bits per heavy atom. The standard InChI is InChI=1S/C13H16N2O7S2.2Na/c1-6(24(20,21)22)10-8-5-9(23-4-3-14-7(2)16)11(13(18)19)15(8)12(10)17;;/h3-4,6,8,10H,5H2,1-2H3,(H,14,16)(H,18,19)(H,20,21,22);;/q;2*+1/p-2/b4-3+;;/t6-,8+,10-;;/m0../s1. The van der Waals surface area contributed by atoms with Crippen LogP contribution in [-0.4, -0.2) is 46.9 Å². The summed E-state index contributed by atoms with van der Waals surface area (Å²) < 4.78 is 33.4. The second-order valence-electron chi connectivity index (χ2n) is 5.38. The number of amides is 2. The normalized spacial score (nSPS) is 22.9. The molecule has 3 atom stereocenters. The van der Waals surface area contributed by atoms with Crippen LogP contribution in [0.1, 0.15) is 20.3 Å². The Balaban J connectivity index is 0.00000312. The first-order chi connectivity index (χ1) is 11.1. The van der Waals surface area contributed by atoms with Gasteiger partial charge in [-0.1, -0.05) is 11.8 Å². The van der Waals surface area contributed by atoms with E-state index >= 15 is 0 Å². The van der Waals surface area contributed by atoms with Crippen molar-refractivity contribution in [2.75, 3.05) is 0 Å². The summed E-state index contributed by atoms with van der Waals surface area (Å²) in [5, 5.41) is 13.7. The third-order valence-electron chi connectivity index (χ3n) is 3.89. The van der Waals surface area contributed by atoms with Gasteiger partial charge in [0.15, 0.2) is 0 Å². The molecule has 26 heavy (non-hydrogen) atoms. The van der Waals surface area contributed by atoms with Crippen LogP contribution in [0, 0.1) is 5.92 Å². The topological polar surface area (TPSA) is 147 Å². The van der Waals surface area contributed by atoms with Gasteiger partial charge in [0.05, 0.1) is 39.0 Å². The van der Waals surface area contributed by atoms with Crippen molar-refractivity contribution in [3.8, 4) is 0 Å². The molecule has 0 unspecified atom stereocenters. The quantitative estimate of drug-likeness (QED) is 0.253. The van der Waals surface area contributed by atoms with Gasteiger partial charge in [-0.15, -0.1) is 0 Å². The molecule has 1 fully saturated rings. The van der Waals surface area contributed by atoms with E-state index < -0.39 is 39.2 Å². The molecule has 2 aliphatic heterocycles. The first-order valence-electron chi connectivity index (χ1n) is 6.86. The maximum atomic E-state index is 12.1. The van der Waals surface area contributed by atoms with Crippen LogP contribution in [0.3, 0.4) is 0 Å². The second-order valence-corrected chi connectivity index (χ2v) is 8.11. The fourth-order valence-corrected chi connectivity index (χ4v) is 4.28. The summed E-state index contributed by atoms with van der Waals surface area (Å²) in [6.07, 6.45) is 1.42. The Morgan fingerprint density at radius 1 is 1.38 bits per heavy atom. The molecule has 0 saturated carbocycles. The van der Waals surface area contributed by atoms with Gasteiger partial charge in [0, 0.05) is 24.4 Å². The molecule has 1 saturated heterocycles. The number of fused-ring (bicyclic) bond motifs is 1. The van der Waals surface area contributed by atoms with Gasteiger partial charge in [-0.3, -0.25) is 9.59 Å². The predicted octanol–water partition coefficient (Wildman–Crippen LogP) is -7.54. The molecule has 0 bridgehead atoms. The number of thioether (sulfide) groups is 1. The fourth-order valence-electron chi connectivity index (χ4n) is 2.76. The number of hydrogen-bond donors (Lipinski definition) is 1. The van der Waals surface area contributed by atoms with E-state index in [0.29, 0.717) is 4.91 Å². The summed E-state index contributed by atoms with van der Waals surface area (Å²) in [4.78, 5) is 35.5. The van der Waals surface area contributed by atoms with Crippen LogP contribution < -0.4 is 69.5 Å². The summed E-state index contributed by atoms with van der Waals surface area (Å²) >= 11 is 0.975. The largest absolute Gasteiger partial charge is 1.00 e. The van der Waals surface area contributed by atoms with Crippen molar-refractivity contribution in [3.63, 3.8) is 0 Å². The Bertz CT molecular complexity index is 766. The number of hydrogen-bond acceptors (Lipinski definition) is 8. The minimum Gasteiger partial charge on any atom is -0.748 e. The van der Waals surface area contributed by atoms with Crippen molar-refractivity contribution in [1.82, 2.24) is 10.2 Å². The molecule has 2 heterocycles. The number of β-lactam (4-membered cyclic amide) rings is 1. The summed E-state index contributed by atoms with van der Waals surface area (Å²) in [7, 11) is -4.67. The van der Waals surface area contributed by atoms with Crippen molar-refractivity contribution < 1.29 is 91.6 Å². The molecule has 1 N–H and O–H groups in total. The number of carbonyl (C=O) groups excluding carboxylic acids is 3. The minimum absolute atomic E-state index is 0. The van der Waals surface area contributed by atoms with Crippen molar-refractivity contribution in [3.05, 3.63) is 22.2 Å². The first kappa shape index (κ1) is 26.1. The molecular weight excluding hydrogens is 406 g/mol. The van der Waals surface area contributed by atoms with Gasteiger partial charge >= 0.3 is 59.1 Å². The van der Waals surface area contributed by atoms with E-state index in [-0.39, 0.29) is 77.1 Å². The molecule has 13 heteroatoms. The molecular formula is C13H14N2Na2O7S2. The van der Waals surface area contributed by atoms with Gasteiger partial charge in [-0.05, 0) is 12.3 Å². The maximum Gasteiger partial charge on any atom is 1.00 e. The molecule has 0 aromatic carbocycles. The van der Waals surface area contributed by atoms with Crippen LogP contribution in [0.2, 0.25) is 0 Å². The van der Waals surface area contributed by atoms with Gasteiger partial charge in [-0.25, -0.2) is 8.42 Å². The minimum atomic E-state index is -4.67. The molecule has 0 aliphatic carbocycles. The van der Waals surface area contributed by atoms with Crippen LogP contribution >= 0.6 is 11.8 Å². The van der Waals surface area contributed by atoms with Crippen molar-refractivity contribution in [1.29, 1.82) is 0 Å². The molecule has 0 radical (unpaired) electrons. The summed E-state index contributed by atoms with van der Waals surface area (Å²) in [5.41, 5.74) is -0.325. The number of carboxylic acids is 1. The zero-order valence-electron chi connectivity index (χ0n) is 14.7. The summed E-state index contributed by atoms with van der Waals surface area (Å²) in [6, 6.07) is -0.694. The fraction of sp³-hybridized carbons (Fsp3) is 0.462. The average Bonchev–Trinajstić information content (AvgIpc) is 2.77. The van der Waals surface area contributed by atoms with E-state index in [9.17, 15) is 32.5 Å².